The van der Waals surface area contributed by atoms with Crippen molar-refractivity contribution < 1.29 is 0 Å². The predicted octanol–water partition coefficient (Wildman–Crippen LogP) is 4.88. The monoisotopic (exact) mass is 352 g/mol. The third-order valence-corrected chi connectivity index (χ3v) is 5.59. The molecule has 2 rings (SSSR count). The number of nitrogens with zero attached hydrogens (tertiary/aromatic N) is 1. The van der Waals surface area contributed by atoms with Crippen LogP contribution in [-0.2, 0) is 0 Å². The predicted molar refractivity (Wildman–Crippen MR) is 94.4 cm³/mol. The summed E-state index contributed by atoms with van der Waals surface area (Å²) in [4.78, 5) is 2.66. The van der Waals surface area contributed by atoms with Gasteiger partial charge in [0.05, 0.1) is 6.04 Å². The zero-order valence-electron chi connectivity index (χ0n) is 13.4. The summed E-state index contributed by atoms with van der Waals surface area (Å²) in [6.07, 6.45) is 7.79. The largest absolute Gasteiger partial charge is 0.326 e. The maximum atomic E-state index is 6.54. The van der Waals surface area contributed by atoms with Crippen molar-refractivity contribution in [2.24, 2.45) is 5.73 Å². The third-order valence-electron chi connectivity index (χ3n) is 4.87. The smallest absolute Gasteiger partial charge is 0.0513 e. The van der Waals surface area contributed by atoms with Gasteiger partial charge < -0.3 is 5.73 Å². The molecule has 0 saturated heterocycles. The van der Waals surface area contributed by atoms with Crippen molar-refractivity contribution in [1.82, 2.24) is 4.90 Å². The number of hydrogen-bond acceptors (Lipinski definition) is 2. The molecular weight excluding hydrogens is 324 g/mol. The SMILES string of the molecule is CCC(N)C(c1ccccc1Br)N(CC)C1CCCCC1. The molecule has 1 aromatic rings. The van der Waals surface area contributed by atoms with Gasteiger partial charge in [0.2, 0.25) is 0 Å². The summed E-state index contributed by atoms with van der Waals surface area (Å²) in [6, 6.07) is 9.78. The molecular formula is C18H29BrN2. The van der Waals surface area contributed by atoms with Crippen LogP contribution in [0.25, 0.3) is 0 Å². The minimum Gasteiger partial charge on any atom is -0.326 e. The average molecular weight is 353 g/mol. The molecule has 0 amide bonds. The Labute approximate surface area is 138 Å². The van der Waals surface area contributed by atoms with Crippen molar-refractivity contribution in [3.8, 4) is 0 Å². The molecule has 2 unspecified atom stereocenters. The molecule has 2 atom stereocenters. The van der Waals surface area contributed by atoms with Crippen molar-refractivity contribution in [3.63, 3.8) is 0 Å². The molecule has 0 aliphatic heterocycles. The van der Waals surface area contributed by atoms with Crippen LogP contribution < -0.4 is 5.73 Å². The fraction of sp³-hybridized carbons (Fsp3) is 0.667. The van der Waals surface area contributed by atoms with Gasteiger partial charge >= 0.3 is 0 Å². The van der Waals surface area contributed by atoms with E-state index in [2.05, 4.69) is 58.9 Å². The summed E-state index contributed by atoms with van der Waals surface area (Å²) in [5.41, 5.74) is 7.89. The van der Waals surface area contributed by atoms with E-state index in [1.54, 1.807) is 0 Å². The van der Waals surface area contributed by atoms with Crippen LogP contribution in [0.1, 0.15) is 64.0 Å². The van der Waals surface area contributed by atoms with E-state index in [4.69, 9.17) is 5.73 Å². The molecule has 118 valence electrons. The molecule has 0 radical (unpaired) electrons. The molecule has 2 nitrogen and oxygen atoms in total. The quantitative estimate of drug-likeness (QED) is 0.790. The van der Waals surface area contributed by atoms with Gasteiger partial charge in [-0.15, -0.1) is 0 Å². The van der Waals surface area contributed by atoms with Crippen molar-refractivity contribution in [3.05, 3.63) is 34.3 Å². The van der Waals surface area contributed by atoms with E-state index in [0.717, 1.165) is 13.0 Å². The van der Waals surface area contributed by atoms with Crippen LogP contribution in [0.4, 0.5) is 0 Å². The van der Waals surface area contributed by atoms with E-state index >= 15 is 0 Å². The summed E-state index contributed by atoms with van der Waals surface area (Å²) in [6.45, 7) is 5.55. The summed E-state index contributed by atoms with van der Waals surface area (Å²) in [5.74, 6) is 0. The molecule has 2 N–H and O–H groups in total. The Balaban J connectivity index is 2.31. The lowest BCUT2D eigenvalue weighted by Crippen LogP contribution is -2.46. The molecule has 1 aliphatic rings. The van der Waals surface area contributed by atoms with Gasteiger partial charge in [-0.3, -0.25) is 4.90 Å². The topological polar surface area (TPSA) is 29.3 Å². The highest BCUT2D eigenvalue weighted by Gasteiger charge is 2.31. The zero-order chi connectivity index (χ0) is 15.2. The van der Waals surface area contributed by atoms with E-state index in [-0.39, 0.29) is 6.04 Å². The number of rotatable bonds is 6. The van der Waals surface area contributed by atoms with Gasteiger partial charge in [-0.1, -0.05) is 67.2 Å². The van der Waals surface area contributed by atoms with Crippen molar-refractivity contribution in [2.75, 3.05) is 6.54 Å². The maximum Gasteiger partial charge on any atom is 0.0513 e. The van der Waals surface area contributed by atoms with Gasteiger partial charge in [-0.05, 0) is 37.4 Å². The second kappa shape index (κ2) is 8.30. The van der Waals surface area contributed by atoms with E-state index in [0.29, 0.717) is 12.1 Å². The van der Waals surface area contributed by atoms with Crippen molar-refractivity contribution in [1.29, 1.82) is 0 Å². The maximum absolute atomic E-state index is 6.54. The molecule has 3 heteroatoms. The molecule has 0 bridgehead atoms. The first kappa shape index (κ1) is 17.0. The average Bonchev–Trinajstić information content (AvgIpc) is 2.53. The number of likely N-dealkylation sites (N-methyl/N-ethyl adjacent to an activating group) is 1. The minimum atomic E-state index is 0.186. The Morgan fingerprint density at radius 1 is 1.19 bits per heavy atom. The number of halogens is 1. The fourth-order valence-corrected chi connectivity index (χ4v) is 4.21. The van der Waals surface area contributed by atoms with E-state index in [1.807, 2.05) is 0 Å². The second-order valence-corrected chi connectivity index (χ2v) is 7.02. The van der Waals surface area contributed by atoms with Crippen LogP contribution >= 0.6 is 15.9 Å². The molecule has 1 aliphatic carbocycles. The van der Waals surface area contributed by atoms with Crippen molar-refractivity contribution in [2.45, 2.75) is 70.5 Å². The molecule has 0 heterocycles. The van der Waals surface area contributed by atoms with E-state index < -0.39 is 0 Å². The van der Waals surface area contributed by atoms with Gasteiger partial charge in [-0.25, -0.2) is 0 Å². The van der Waals surface area contributed by atoms with Crippen LogP contribution in [0, 0.1) is 0 Å². The van der Waals surface area contributed by atoms with Crippen molar-refractivity contribution >= 4 is 15.9 Å². The number of nitrogens with two attached hydrogens (primary N) is 1. The fourth-order valence-electron chi connectivity index (χ4n) is 3.69. The molecule has 0 spiro atoms. The number of hydrogen-bond donors (Lipinski definition) is 1. The lowest BCUT2D eigenvalue weighted by atomic mass is 9.89. The number of benzene rings is 1. The Kier molecular flexibility index (Phi) is 6.72. The molecule has 1 aromatic carbocycles. The van der Waals surface area contributed by atoms with Gasteiger partial charge in [-0.2, -0.15) is 0 Å². The Bertz CT molecular complexity index is 429. The summed E-state index contributed by atoms with van der Waals surface area (Å²) in [7, 11) is 0. The first-order valence-electron chi connectivity index (χ1n) is 8.44. The van der Waals surface area contributed by atoms with Crippen LogP contribution in [0.2, 0.25) is 0 Å². The van der Waals surface area contributed by atoms with Crippen LogP contribution in [0.3, 0.4) is 0 Å². The molecule has 1 saturated carbocycles. The standard InChI is InChI=1S/C18H29BrN2/c1-3-17(20)18(15-12-8-9-13-16(15)19)21(4-2)14-10-6-5-7-11-14/h8-9,12-14,17-18H,3-7,10-11,20H2,1-2H3. The Morgan fingerprint density at radius 2 is 1.86 bits per heavy atom. The van der Waals surface area contributed by atoms with Gasteiger partial charge in [0, 0.05) is 16.6 Å². The van der Waals surface area contributed by atoms with Gasteiger partial charge in [0.25, 0.3) is 0 Å². The Hall–Kier alpha value is -0.380. The van der Waals surface area contributed by atoms with Gasteiger partial charge in [0.1, 0.15) is 0 Å². The minimum absolute atomic E-state index is 0.186. The first-order chi connectivity index (χ1) is 10.2. The second-order valence-electron chi connectivity index (χ2n) is 6.16. The van der Waals surface area contributed by atoms with E-state index in [9.17, 15) is 0 Å². The van der Waals surface area contributed by atoms with Crippen LogP contribution in [0.5, 0.6) is 0 Å². The first-order valence-corrected chi connectivity index (χ1v) is 9.24. The van der Waals surface area contributed by atoms with Crippen LogP contribution in [-0.4, -0.2) is 23.5 Å². The highest BCUT2D eigenvalue weighted by atomic mass is 79.9. The normalized spacial score (nSPS) is 19.7. The van der Waals surface area contributed by atoms with Gasteiger partial charge in [0.15, 0.2) is 0 Å². The molecule has 21 heavy (non-hydrogen) atoms. The highest BCUT2D eigenvalue weighted by Crippen LogP contribution is 2.35. The highest BCUT2D eigenvalue weighted by molar-refractivity contribution is 9.10. The summed E-state index contributed by atoms with van der Waals surface area (Å²) in [5, 5.41) is 0. The lowest BCUT2D eigenvalue weighted by Gasteiger charge is -2.42. The zero-order valence-corrected chi connectivity index (χ0v) is 15.0. The molecule has 1 fully saturated rings. The van der Waals surface area contributed by atoms with Crippen LogP contribution in [0.15, 0.2) is 28.7 Å². The lowest BCUT2D eigenvalue weighted by molar-refractivity contribution is 0.0928. The van der Waals surface area contributed by atoms with E-state index in [1.165, 1.54) is 42.1 Å². The Morgan fingerprint density at radius 3 is 2.43 bits per heavy atom. The third kappa shape index (κ3) is 4.08. The summed E-state index contributed by atoms with van der Waals surface area (Å²) < 4.78 is 1.19. The summed E-state index contributed by atoms with van der Waals surface area (Å²) >= 11 is 3.73. The molecule has 0 aromatic heterocycles.